The van der Waals surface area contributed by atoms with Crippen LogP contribution in [0.5, 0.6) is 0 Å². The molecule has 0 aliphatic carbocycles. The molecule has 15 nitrogen and oxygen atoms in total. The Morgan fingerprint density at radius 2 is 1.76 bits per heavy atom. The Morgan fingerprint density at radius 3 is 2.24 bits per heavy atom. The number of halogens is 2. The van der Waals surface area contributed by atoms with Crippen molar-refractivity contribution in [3.05, 3.63) is 33.7 Å². The second-order valence-corrected chi connectivity index (χ2v) is 11.3. The number of nitrogen functional groups attached to an aromatic ring is 1. The summed E-state index contributed by atoms with van der Waals surface area (Å²) < 4.78 is 2.11. The van der Waals surface area contributed by atoms with Crippen LogP contribution in [-0.2, 0) is 27.3 Å². The van der Waals surface area contributed by atoms with Crippen molar-refractivity contribution < 1.29 is 56.9 Å². The maximum absolute atomic E-state index is 11.3. The molecule has 46 heavy (non-hydrogen) atoms. The number of rotatable bonds is 15. The fourth-order valence-electron chi connectivity index (χ4n) is 3.23. The number of thiazole rings is 1. The molecule has 0 unspecified atom stereocenters. The van der Waals surface area contributed by atoms with Gasteiger partial charge >= 0.3 is 11.9 Å². The van der Waals surface area contributed by atoms with Crippen LogP contribution in [0.25, 0.3) is 0 Å². The third kappa shape index (κ3) is 20.7. The Bertz CT molecular complexity index is 1170. The van der Waals surface area contributed by atoms with Crippen molar-refractivity contribution in [2.24, 2.45) is 16.9 Å². The van der Waals surface area contributed by atoms with E-state index in [1.807, 2.05) is 19.4 Å². The Labute approximate surface area is 316 Å². The van der Waals surface area contributed by atoms with Gasteiger partial charge in [0.1, 0.15) is 23.8 Å². The summed E-state index contributed by atoms with van der Waals surface area (Å²) in [6.45, 7) is 8.02. The van der Waals surface area contributed by atoms with Crippen molar-refractivity contribution >= 4 is 85.1 Å². The third-order valence-electron chi connectivity index (χ3n) is 6.18. The SMILES string of the molecule is CC(C)(CO)[C@@H](O)C(=O)NCCC(=O)O.Cc1ncc(C[n+]2csc(CCO)c2C)c(N)n1.Cl.NCCCC[C@H](N)C(=O)O.[Ca].[Cl-]. The Hall–Kier alpha value is -1.44. The molecule has 2 aromatic rings. The summed E-state index contributed by atoms with van der Waals surface area (Å²) in [5.41, 5.74) is 19.5. The van der Waals surface area contributed by atoms with E-state index in [0.717, 1.165) is 24.1 Å². The molecular weight excluding hydrogens is 693 g/mol. The maximum Gasteiger partial charge on any atom is 0.320 e. The van der Waals surface area contributed by atoms with Gasteiger partial charge in [-0.25, -0.2) is 9.97 Å². The van der Waals surface area contributed by atoms with E-state index in [0.29, 0.717) is 37.6 Å². The average molecular weight is 743 g/mol. The Balaban J connectivity index is -0.000000290. The zero-order valence-electron chi connectivity index (χ0n) is 26.8. The van der Waals surface area contributed by atoms with Gasteiger partial charge in [0, 0.05) is 75.8 Å². The van der Waals surface area contributed by atoms with Gasteiger partial charge in [0.25, 0.3) is 0 Å². The van der Waals surface area contributed by atoms with E-state index in [1.54, 1.807) is 17.5 Å². The predicted molar refractivity (Wildman–Crippen MR) is 174 cm³/mol. The molecule has 2 rings (SSSR count). The van der Waals surface area contributed by atoms with Gasteiger partial charge in [0.2, 0.25) is 11.4 Å². The minimum absolute atomic E-state index is 0. The number of nitrogens with one attached hydrogen (secondary N) is 1. The van der Waals surface area contributed by atoms with Crippen LogP contribution in [0.3, 0.4) is 0 Å². The summed E-state index contributed by atoms with van der Waals surface area (Å²) in [6.07, 6.45) is 3.09. The number of hydrogen-bond donors (Lipinski definition) is 9. The van der Waals surface area contributed by atoms with Crippen molar-refractivity contribution in [2.45, 2.75) is 78.5 Å². The van der Waals surface area contributed by atoms with E-state index in [9.17, 15) is 19.5 Å². The number of amides is 1. The summed E-state index contributed by atoms with van der Waals surface area (Å²) in [7, 11) is 0. The number of aryl methyl sites for hydroxylation is 1. The first-order valence-electron chi connectivity index (χ1n) is 13.7. The predicted octanol–water partition coefficient (Wildman–Crippen LogP) is -3.86. The molecule has 1 amide bonds. The molecule has 12 N–H and O–H groups in total. The van der Waals surface area contributed by atoms with Crippen molar-refractivity contribution in [2.75, 3.05) is 32.0 Å². The van der Waals surface area contributed by atoms with Crippen LogP contribution in [0.1, 0.15) is 61.5 Å². The van der Waals surface area contributed by atoms with Gasteiger partial charge in [-0.05, 0) is 26.3 Å². The number of carboxylic acids is 2. The first kappa shape index (κ1) is 51.4. The van der Waals surface area contributed by atoms with Gasteiger partial charge in [0.05, 0.1) is 23.5 Å². The molecule has 262 valence electrons. The number of carboxylic acid groups (broad SMARTS) is 2. The molecule has 0 saturated carbocycles. The molecule has 0 aliphatic rings. The molecular formula is C27H49CaCl2N7O8S. The molecule has 0 saturated heterocycles. The van der Waals surface area contributed by atoms with Crippen LogP contribution in [-0.4, -0.2) is 130 Å². The number of aliphatic hydroxyl groups is 3. The number of aliphatic carboxylic acids is 2. The minimum Gasteiger partial charge on any atom is -1.00 e. The monoisotopic (exact) mass is 741 g/mol. The first-order valence-corrected chi connectivity index (χ1v) is 14.6. The van der Waals surface area contributed by atoms with Crippen LogP contribution in [0, 0.1) is 19.3 Å². The number of nitrogens with two attached hydrogens (primary N) is 3. The van der Waals surface area contributed by atoms with E-state index in [-0.39, 0.29) is 88.7 Å². The molecule has 19 heteroatoms. The number of aromatic nitrogens is 3. The largest absolute Gasteiger partial charge is 1.00 e. The normalized spacial score (nSPS) is 11.4. The van der Waals surface area contributed by atoms with Gasteiger partial charge in [-0.2, -0.15) is 4.57 Å². The summed E-state index contributed by atoms with van der Waals surface area (Å²) in [6, 6.07) is -0.716. The second-order valence-electron chi connectivity index (χ2n) is 10.4. The van der Waals surface area contributed by atoms with Gasteiger partial charge in [-0.15, -0.1) is 12.4 Å². The van der Waals surface area contributed by atoms with Crippen LogP contribution in [0.4, 0.5) is 5.82 Å². The maximum atomic E-state index is 11.3. The first-order chi connectivity index (χ1) is 20.1. The summed E-state index contributed by atoms with van der Waals surface area (Å²) in [5, 5.41) is 46.3. The molecule has 0 aromatic carbocycles. The average Bonchev–Trinajstić information content (AvgIpc) is 3.28. The summed E-state index contributed by atoms with van der Waals surface area (Å²) in [5.74, 6) is -1.41. The van der Waals surface area contributed by atoms with E-state index in [1.165, 1.54) is 18.7 Å². The quantitative estimate of drug-likeness (QED) is 0.0481. The van der Waals surface area contributed by atoms with E-state index in [2.05, 4.69) is 19.9 Å². The molecule has 2 radical (unpaired) electrons. The molecule has 0 bridgehead atoms. The zero-order valence-corrected chi connectivity index (χ0v) is 31.4. The molecule has 0 aliphatic heterocycles. The van der Waals surface area contributed by atoms with E-state index in [4.69, 9.17) is 37.6 Å². The molecule has 2 atom stereocenters. The van der Waals surface area contributed by atoms with Gasteiger partial charge in [-0.1, -0.05) is 31.6 Å². The molecule has 0 spiro atoms. The number of carbonyl (C=O) groups excluding carboxylic acids is 1. The van der Waals surface area contributed by atoms with Crippen molar-refractivity contribution in [1.82, 2.24) is 15.3 Å². The van der Waals surface area contributed by atoms with Crippen LogP contribution in [0.15, 0.2) is 11.7 Å². The van der Waals surface area contributed by atoms with Crippen LogP contribution < -0.4 is 39.5 Å². The van der Waals surface area contributed by atoms with Crippen molar-refractivity contribution in [3.8, 4) is 0 Å². The zero-order chi connectivity index (χ0) is 33.2. The topological polar surface area (TPSA) is 272 Å². The van der Waals surface area contributed by atoms with Gasteiger partial charge < -0.3 is 60.5 Å². The standard InChI is InChI=1S/C12H17N4OS.C9H17NO5.C6H14N2O2.Ca.2ClH/c1-8-11(3-4-17)18-7-16(8)6-10-5-14-9(2)15-12(10)13;1-9(2,5-11)7(14)8(15)10-4-3-6(12)13;7-4-2-1-3-5(8)6(9)10;;;/h5,7,17H,3-4,6H2,1-2H3,(H2,13,14,15);7,11,14H,3-5H2,1-2H3,(H,10,15)(H,12,13);5H,1-4,7-8H2,(H,9,10);;2*1H/q+1;;;;;/p-1/t;7-;5-;;;/m.00.../s1. The van der Waals surface area contributed by atoms with E-state index >= 15 is 0 Å². The summed E-state index contributed by atoms with van der Waals surface area (Å²) in [4.78, 5) is 41.1. The Kier molecular flexibility index (Phi) is 30.7. The number of carbonyl (C=O) groups is 3. The van der Waals surface area contributed by atoms with Gasteiger partial charge in [0.15, 0.2) is 12.2 Å². The van der Waals surface area contributed by atoms with Gasteiger partial charge in [-0.3, -0.25) is 14.4 Å². The van der Waals surface area contributed by atoms with Crippen molar-refractivity contribution in [1.29, 1.82) is 0 Å². The van der Waals surface area contributed by atoms with E-state index < -0.39 is 35.4 Å². The fourth-order valence-corrected chi connectivity index (χ4v) is 4.21. The Morgan fingerprint density at radius 1 is 1.15 bits per heavy atom. The minimum atomic E-state index is -1.35. The summed E-state index contributed by atoms with van der Waals surface area (Å²) >= 11 is 1.65. The van der Waals surface area contributed by atoms with Crippen molar-refractivity contribution in [3.63, 3.8) is 0 Å². The molecule has 2 aromatic heterocycles. The smallest absolute Gasteiger partial charge is 0.320 e. The number of anilines is 1. The number of hydrogen-bond acceptors (Lipinski definition) is 12. The molecule has 0 fully saturated rings. The van der Waals surface area contributed by atoms with Crippen LogP contribution >= 0.6 is 23.7 Å². The molecule has 2 heterocycles. The number of unbranched alkanes of at least 4 members (excludes halogenated alkanes) is 1. The fraction of sp³-hybridized carbons (Fsp3) is 0.630. The van der Waals surface area contributed by atoms with Crippen LogP contribution in [0.2, 0.25) is 0 Å². The number of nitrogens with zero attached hydrogens (tertiary/aromatic N) is 3. The number of aliphatic hydroxyl groups excluding tert-OH is 3. The third-order valence-corrected chi connectivity index (χ3v) is 7.32. The second kappa shape index (κ2) is 27.5.